The topological polar surface area (TPSA) is 84.8 Å². The van der Waals surface area contributed by atoms with Gasteiger partial charge in [-0.2, -0.15) is 0 Å². The average molecular weight is 546 g/mol. The number of anilines is 1. The number of pyridine rings is 2. The first-order valence-corrected chi connectivity index (χ1v) is 14.1. The number of aryl methyl sites for hydroxylation is 2. The van der Waals surface area contributed by atoms with Crippen LogP contribution in [0.1, 0.15) is 75.9 Å². The summed E-state index contributed by atoms with van der Waals surface area (Å²) >= 11 is 0. The smallest absolute Gasteiger partial charge is 0.337 e. The Balaban J connectivity index is 1.67. The number of benzene rings is 1. The summed E-state index contributed by atoms with van der Waals surface area (Å²) in [4.78, 5) is 24.3. The number of carboxylic acid groups (broad SMARTS) is 1. The first-order chi connectivity index (χ1) is 18.8. The Hall–Kier alpha value is -3.45. The van der Waals surface area contributed by atoms with E-state index in [0.717, 1.165) is 49.3 Å². The van der Waals surface area contributed by atoms with Gasteiger partial charge in [-0.15, -0.1) is 0 Å². The van der Waals surface area contributed by atoms with Gasteiger partial charge in [-0.05, 0) is 70.6 Å². The monoisotopic (exact) mass is 545 g/mol. The van der Waals surface area contributed by atoms with Crippen LogP contribution in [0.3, 0.4) is 0 Å². The van der Waals surface area contributed by atoms with Gasteiger partial charge in [-0.1, -0.05) is 43.7 Å². The van der Waals surface area contributed by atoms with Crippen molar-refractivity contribution in [2.75, 3.05) is 24.6 Å². The van der Waals surface area contributed by atoms with Gasteiger partial charge >= 0.3 is 5.97 Å². The molecule has 1 unspecified atom stereocenters. The van der Waals surface area contributed by atoms with Crippen molar-refractivity contribution < 1.29 is 19.4 Å². The Morgan fingerprint density at radius 1 is 1.02 bits per heavy atom. The number of piperidine rings is 1. The Labute approximate surface area is 238 Å². The third-order valence-electron chi connectivity index (χ3n) is 7.47. The summed E-state index contributed by atoms with van der Waals surface area (Å²) in [7, 11) is 0. The van der Waals surface area contributed by atoms with Gasteiger partial charge in [0, 0.05) is 42.5 Å². The molecule has 214 valence electrons. The van der Waals surface area contributed by atoms with Crippen molar-refractivity contribution in [2.24, 2.45) is 5.41 Å². The minimum absolute atomic E-state index is 0.239. The fourth-order valence-electron chi connectivity index (χ4n) is 5.04. The second-order valence-electron chi connectivity index (χ2n) is 12.6. The SMILES string of the molecule is Cc1ccc(CCOc2ccc(-c3cnc(C)c(C(OC(C)(C)C)C(=O)O)c3N3CCC(C)(C)CC3)nc2)cc1. The number of ether oxygens (including phenoxy) is 2. The van der Waals surface area contributed by atoms with E-state index in [1.54, 1.807) is 6.20 Å². The zero-order valence-electron chi connectivity index (χ0n) is 25.0. The molecule has 0 saturated carbocycles. The Kier molecular flexibility index (Phi) is 8.83. The molecule has 2 aromatic heterocycles. The molecular weight excluding hydrogens is 502 g/mol. The molecular formula is C33H43N3O4. The van der Waals surface area contributed by atoms with E-state index in [0.29, 0.717) is 23.6 Å². The summed E-state index contributed by atoms with van der Waals surface area (Å²) in [5.74, 6) is -0.335. The fraction of sp³-hybridized carbons (Fsp3) is 0.485. The van der Waals surface area contributed by atoms with Crippen LogP contribution < -0.4 is 9.64 Å². The van der Waals surface area contributed by atoms with Crippen LogP contribution in [0.15, 0.2) is 48.8 Å². The lowest BCUT2D eigenvalue weighted by atomic mass is 9.82. The van der Waals surface area contributed by atoms with Crippen molar-refractivity contribution in [2.45, 2.75) is 79.4 Å². The van der Waals surface area contributed by atoms with Crippen molar-refractivity contribution >= 4 is 11.7 Å². The van der Waals surface area contributed by atoms with Crippen LogP contribution in [0.4, 0.5) is 5.69 Å². The molecule has 1 aliphatic heterocycles. The van der Waals surface area contributed by atoms with Crippen LogP contribution in [0.5, 0.6) is 5.75 Å². The van der Waals surface area contributed by atoms with Gasteiger partial charge in [0.25, 0.3) is 0 Å². The zero-order valence-corrected chi connectivity index (χ0v) is 25.0. The van der Waals surface area contributed by atoms with Gasteiger partial charge in [-0.25, -0.2) is 4.79 Å². The molecule has 7 heteroatoms. The zero-order chi connectivity index (χ0) is 29.1. The number of nitrogens with zero attached hydrogens (tertiary/aromatic N) is 3. The number of hydrogen-bond acceptors (Lipinski definition) is 6. The third kappa shape index (κ3) is 7.39. The van der Waals surface area contributed by atoms with Crippen LogP contribution in [-0.4, -0.2) is 46.3 Å². The Morgan fingerprint density at radius 3 is 2.27 bits per heavy atom. The molecule has 0 radical (unpaired) electrons. The Morgan fingerprint density at radius 2 is 1.70 bits per heavy atom. The van der Waals surface area contributed by atoms with Gasteiger partial charge < -0.3 is 19.5 Å². The van der Waals surface area contributed by atoms with E-state index in [9.17, 15) is 9.90 Å². The van der Waals surface area contributed by atoms with E-state index < -0.39 is 17.7 Å². The number of aliphatic carboxylic acids is 1. The quantitative estimate of drug-likeness (QED) is 0.311. The highest BCUT2D eigenvalue weighted by molar-refractivity contribution is 5.85. The normalized spacial score (nSPS) is 16.0. The van der Waals surface area contributed by atoms with E-state index in [2.05, 4.69) is 54.9 Å². The first kappa shape index (κ1) is 29.5. The average Bonchev–Trinajstić information content (AvgIpc) is 2.88. The highest BCUT2D eigenvalue weighted by Crippen LogP contribution is 2.43. The van der Waals surface area contributed by atoms with Gasteiger partial charge in [0.2, 0.25) is 0 Å². The number of hydrogen-bond donors (Lipinski definition) is 1. The molecule has 1 fully saturated rings. The van der Waals surface area contributed by atoms with Crippen LogP contribution in [0, 0.1) is 19.3 Å². The molecule has 1 N–H and O–H groups in total. The van der Waals surface area contributed by atoms with Gasteiger partial charge in [0.05, 0.1) is 29.8 Å². The van der Waals surface area contributed by atoms with Crippen molar-refractivity contribution in [3.8, 4) is 17.0 Å². The van der Waals surface area contributed by atoms with Crippen molar-refractivity contribution in [1.82, 2.24) is 9.97 Å². The van der Waals surface area contributed by atoms with Crippen LogP contribution in [0.25, 0.3) is 11.3 Å². The third-order valence-corrected chi connectivity index (χ3v) is 7.47. The highest BCUT2D eigenvalue weighted by atomic mass is 16.5. The van der Waals surface area contributed by atoms with Crippen molar-refractivity contribution in [1.29, 1.82) is 0 Å². The molecule has 3 heterocycles. The molecule has 0 aliphatic carbocycles. The minimum atomic E-state index is -1.15. The summed E-state index contributed by atoms with van der Waals surface area (Å²) < 4.78 is 12.1. The minimum Gasteiger partial charge on any atom is -0.492 e. The molecule has 0 amide bonds. The van der Waals surface area contributed by atoms with Gasteiger partial charge in [-0.3, -0.25) is 9.97 Å². The number of aromatic nitrogens is 2. The van der Waals surface area contributed by atoms with E-state index in [4.69, 9.17) is 14.5 Å². The first-order valence-electron chi connectivity index (χ1n) is 14.1. The highest BCUT2D eigenvalue weighted by Gasteiger charge is 2.36. The lowest BCUT2D eigenvalue weighted by Crippen LogP contribution is -2.39. The molecule has 1 aliphatic rings. The molecule has 40 heavy (non-hydrogen) atoms. The molecule has 1 atom stereocenters. The number of rotatable bonds is 9. The molecule has 0 spiro atoms. The Bertz CT molecular complexity index is 1300. The molecule has 0 bridgehead atoms. The maximum Gasteiger partial charge on any atom is 0.337 e. The van der Waals surface area contributed by atoms with E-state index in [1.165, 1.54) is 11.1 Å². The molecule has 7 nitrogen and oxygen atoms in total. The van der Waals surface area contributed by atoms with E-state index in [1.807, 2.05) is 46.0 Å². The lowest BCUT2D eigenvalue weighted by molar-refractivity contribution is -0.160. The molecule has 1 aromatic carbocycles. The second kappa shape index (κ2) is 12.0. The fourth-order valence-corrected chi connectivity index (χ4v) is 5.04. The van der Waals surface area contributed by atoms with Crippen molar-refractivity contribution in [3.05, 3.63) is 71.2 Å². The van der Waals surface area contributed by atoms with Crippen LogP contribution in [-0.2, 0) is 16.0 Å². The van der Waals surface area contributed by atoms with Crippen molar-refractivity contribution in [3.63, 3.8) is 0 Å². The predicted molar refractivity (Wildman–Crippen MR) is 159 cm³/mol. The van der Waals surface area contributed by atoms with E-state index >= 15 is 0 Å². The largest absolute Gasteiger partial charge is 0.492 e. The summed E-state index contributed by atoms with van der Waals surface area (Å²) in [6.45, 7) is 16.3. The van der Waals surface area contributed by atoms with Crippen LogP contribution in [0.2, 0.25) is 0 Å². The number of carboxylic acids is 1. The summed E-state index contributed by atoms with van der Waals surface area (Å²) in [5, 5.41) is 10.3. The standard InChI is InChI=1S/C33H43N3O4/c1-22-8-10-24(11-9-22)14-19-39-25-12-13-27(35-20-25)26-21-34-23(2)28(30(31(37)38)40-32(3,4)5)29(26)36-17-15-33(6,7)16-18-36/h8-13,20-21,30H,14-19H2,1-7H3,(H,37,38). The summed E-state index contributed by atoms with van der Waals surface area (Å²) in [5.41, 5.74) is 5.68. The van der Waals surface area contributed by atoms with Gasteiger partial charge in [0.15, 0.2) is 6.10 Å². The van der Waals surface area contributed by atoms with E-state index in [-0.39, 0.29) is 5.41 Å². The maximum atomic E-state index is 12.6. The molecule has 3 aromatic rings. The lowest BCUT2D eigenvalue weighted by Gasteiger charge is -2.40. The van der Waals surface area contributed by atoms with Crippen LogP contribution >= 0.6 is 0 Å². The van der Waals surface area contributed by atoms with Gasteiger partial charge in [0.1, 0.15) is 5.75 Å². The molecule has 1 saturated heterocycles. The number of carbonyl (C=O) groups is 1. The maximum absolute atomic E-state index is 12.6. The predicted octanol–water partition coefficient (Wildman–Crippen LogP) is 6.95. The second-order valence-corrected chi connectivity index (χ2v) is 12.6. The summed E-state index contributed by atoms with van der Waals surface area (Å²) in [6.07, 6.45) is 5.21. The molecule has 4 rings (SSSR count). The summed E-state index contributed by atoms with van der Waals surface area (Å²) in [6, 6.07) is 12.3.